The van der Waals surface area contributed by atoms with Crippen LogP contribution in [0.5, 0.6) is 0 Å². The molecule has 0 fully saturated rings. The number of hydrogen-bond donors (Lipinski definition) is 2. The minimum absolute atomic E-state index is 0. The van der Waals surface area contributed by atoms with Gasteiger partial charge in [-0.3, -0.25) is 0 Å². The Morgan fingerprint density at radius 2 is 2.33 bits per heavy atom. The lowest BCUT2D eigenvalue weighted by Crippen LogP contribution is -2.27. The van der Waals surface area contributed by atoms with Crippen molar-refractivity contribution < 1.29 is 5.11 Å². The molecule has 0 aromatic carbocycles. The van der Waals surface area contributed by atoms with Gasteiger partial charge in [0.05, 0.1) is 12.3 Å². The summed E-state index contributed by atoms with van der Waals surface area (Å²) in [6.07, 6.45) is 2.18. The number of nitrogens with two attached hydrogens (primary N) is 1. The van der Waals surface area contributed by atoms with Crippen molar-refractivity contribution in [3.8, 4) is 0 Å². The van der Waals surface area contributed by atoms with Crippen molar-refractivity contribution in [1.82, 2.24) is 10.2 Å². The van der Waals surface area contributed by atoms with Gasteiger partial charge in [0.15, 0.2) is 0 Å². The van der Waals surface area contributed by atoms with E-state index in [1.54, 1.807) is 12.3 Å². The average Bonchev–Trinajstić information content (AvgIpc) is 2.06. The zero-order chi connectivity index (χ0) is 8.10. The lowest BCUT2D eigenvalue weighted by atomic mass is 10.2. The minimum Gasteiger partial charge on any atom is -0.395 e. The highest BCUT2D eigenvalue weighted by Gasteiger charge is 2.01. The highest BCUT2D eigenvalue weighted by Crippen LogP contribution is 1.94. The van der Waals surface area contributed by atoms with Gasteiger partial charge < -0.3 is 10.8 Å². The predicted molar refractivity (Wildman–Crippen MR) is 48.0 cm³/mol. The molecule has 0 bridgehead atoms. The molecule has 0 aliphatic heterocycles. The molecule has 1 aromatic heterocycles. The van der Waals surface area contributed by atoms with E-state index in [2.05, 4.69) is 10.2 Å². The molecule has 0 aliphatic carbocycles. The van der Waals surface area contributed by atoms with Crippen molar-refractivity contribution in [2.75, 3.05) is 6.61 Å². The fourth-order valence-electron chi connectivity index (χ4n) is 0.775. The molecule has 0 unspecified atom stereocenters. The second-order valence-electron chi connectivity index (χ2n) is 2.36. The number of rotatable bonds is 3. The summed E-state index contributed by atoms with van der Waals surface area (Å²) in [6, 6.07) is 3.40. The molecule has 1 atom stereocenters. The zero-order valence-electron chi connectivity index (χ0n) is 6.55. The topological polar surface area (TPSA) is 72.0 Å². The Hall–Kier alpha value is -0.710. The quantitative estimate of drug-likeness (QED) is 0.689. The molecule has 4 nitrogen and oxygen atoms in total. The predicted octanol–water partition coefficient (Wildman–Crippen LogP) is -0.240. The largest absolute Gasteiger partial charge is 0.395 e. The Kier molecular flexibility index (Phi) is 5.53. The number of aliphatic hydroxyl groups is 1. The SMILES string of the molecule is Cl.N[C@@H](CO)Cc1cccnn1. The summed E-state index contributed by atoms with van der Waals surface area (Å²) in [5, 5.41) is 16.1. The van der Waals surface area contributed by atoms with Crippen molar-refractivity contribution in [2.24, 2.45) is 5.73 Å². The third kappa shape index (κ3) is 3.61. The van der Waals surface area contributed by atoms with Crippen molar-refractivity contribution in [3.63, 3.8) is 0 Å². The van der Waals surface area contributed by atoms with E-state index in [1.807, 2.05) is 6.07 Å². The maximum atomic E-state index is 8.62. The average molecular weight is 190 g/mol. The first-order valence-corrected chi connectivity index (χ1v) is 3.46. The van der Waals surface area contributed by atoms with E-state index in [4.69, 9.17) is 10.8 Å². The highest BCUT2D eigenvalue weighted by atomic mass is 35.5. The third-order valence-electron chi connectivity index (χ3n) is 1.33. The molecular weight excluding hydrogens is 178 g/mol. The van der Waals surface area contributed by atoms with Gasteiger partial charge in [-0.2, -0.15) is 10.2 Å². The summed E-state index contributed by atoms with van der Waals surface area (Å²) >= 11 is 0. The number of aliphatic hydroxyl groups excluding tert-OH is 1. The Labute approximate surface area is 77.2 Å². The first-order valence-electron chi connectivity index (χ1n) is 3.46. The van der Waals surface area contributed by atoms with E-state index in [0.717, 1.165) is 5.69 Å². The molecule has 0 aliphatic rings. The summed E-state index contributed by atoms with van der Waals surface area (Å²) < 4.78 is 0. The van der Waals surface area contributed by atoms with Crippen LogP contribution in [0.4, 0.5) is 0 Å². The Morgan fingerprint density at radius 1 is 1.58 bits per heavy atom. The second kappa shape index (κ2) is 5.88. The van der Waals surface area contributed by atoms with Crippen molar-refractivity contribution in [1.29, 1.82) is 0 Å². The molecular formula is C7H12ClN3O. The summed E-state index contributed by atoms with van der Waals surface area (Å²) in [5.41, 5.74) is 6.30. The van der Waals surface area contributed by atoms with E-state index >= 15 is 0 Å². The molecule has 0 amide bonds. The summed E-state index contributed by atoms with van der Waals surface area (Å²) in [7, 11) is 0. The number of halogens is 1. The van der Waals surface area contributed by atoms with Crippen LogP contribution in [-0.4, -0.2) is 28.0 Å². The van der Waals surface area contributed by atoms with E-state index in [9.17, 15) is 0 Å². The molecule has 0 spiro atoms. The first kappa shape index (κ1) is 11.3. The smallest absolute Gasteiger partial charge is 0.0647 e. The molecule has 5 heteroatoms. The van der Waals surface area contributed by atoms with E-state index in [1.165, 1.54) is 0 Å². The summed E-state index contributed by atoms with van der Waals surface area (Å²) in [4.78, 5) is 0. The van der Waals surface area contributed by atoms with Crippen LogP contribution in [0.1, 0.15) is 5.69 Å². The second-order valence-corrected chi connectivity index (χ2v) is 2.36. The molecule has 0 radical (unpaired) electrons. The molecule has 1 heterocycles. The molecule has 0 saturated heterocycles. The number of hydrogen-bond acceptors (Lipinski definition) is 4. The van der Waals surface area contributed by atoms with Crippen LogP contribution in [0.2, 0.25) is 0 Å². The molecule has 1 aromatic rings. The van der Waals surface area contributed by atoms with Gasteiger partial charge in [-0.15, -0.1) is 12.4 Å². The van der Waals surface area contributed by atoms with Gasteiger partial charge in [-0.25, -0.2) is 0 Å². The van der Waals surface area contributed by atoms with Crippen LogP contribution in [0.15, 0.2) is 18.3 Å². The molecule has 12 heavy (non-hydrogen) atoms. The van der Waals surface area contributed by atoms with Gasteiger partial charge in [0.1, 0.15) is 0 Å². The van der Waals surface area contributed by atoms with E-state index < -0.39 is 0 Å². The van der Waals surface area contributed by atoms with Gasteiger partial charge in [0, 0.05) is 18.7 Å². The lowest BCUT2D eigenvalue weighted by molar-refractivity contribution is 0.264. The van der Waals surface area contributed by atoms with Gasteiger partial charge in [0.2, 0.25) is 0 Å². The van der Waals surface area contributed by atoms with Crippen LogP contribution < -0.4 is 5.73 Å². The van der Waals surface area contributed by atoms with Gasteiger partial charge in [0.25, 0.3) is 0 Å². The van der Waals surface area contributed by atoms with Crippen molar-refractivity contribution in [3.05, 3.63) is 24.0 Å². The van der Waals surface area contributed by atoms with Gasteiger partial charge in [-0.1, -0.05) is 0 Å². The van der Waals surface area contributed by atoms with E-state index in [0.29, 0.717) is 6.42 Å². The monoisotopic (exact) mass is 189 g/mol. The fraction of sp³-hybridized carbons (Fsp3) is 0.429. The molecule has 0 saturated carbocycles. The Balaban J connectivity index is 0.00000121. The maximum absolute atomic E-state index is 8.62. The van der Waals surface area contributed by atoms with Gasteiger partial charge >= 0.3 is 0 Å². The fourth-order valence-corrected chi connectivity index (χ4v) is 0.775. The van der Waals surface area contributed by atoms with Crippen LogP contribution >= 0.6 is 12.4 Å². The normalized spacial score (nSPS) is 11.8. The minimum atomic E-state index is -0.230. The maximum Gasteiger partial charge on any atom is 0.0647 e. The number of aromatic nitrogens is 2. The summed E-state index contributed by atoms with van der Waals surface area (Å²) in [5.74, 6) is 0. The Morgan fingerprint density at radius 3 is 2.83 bits per heavy atom. The zero-order valence-corrected chi connectivity index (χ0v) is 7.37. The third-order valence-corrected chi connectivity index (χ3v) is 1.33. The highest BCUT2D eigenvalue weighted by molar-refractivity contribution is 5.85. The molecule has 1 rings (SSSR count). The summed E-state index contributed by atoms with van der Waals surface area (Å²) in [6.45, 7) is -0.0173. The number of nitrogens with zero attached hydrogens (tertiary/aromatic N) is 2. The van der Waals surface area contributed by atoms with Crippen LogP contribution in [0, 0.1) is 0 Å². The Bertz CT molecular complexity index is 207. The van der Waals surface area contributed by atoms with Gasteiger partial charge in [-0.05, 0) is 12.1 Å². The standard InChI is InChI=1S/C7H11N3O.ClH/c8-6(5-11)4-7-2-1-3-9-10-7;/h1-3,6,11H,4-5,8H2;1H/t6-;/m1./s1. The molecule has 68 valence electrons. The van der Waals surface area contributed by atoms with Crippen molar-refractivity contribution >= 4 is 12.4 Å². The van der Waals surface area contributed by atoms with Crippen LogP contribution in [0.3, 0.4) is 0 Å². The van der Waals surface area contributed by atoms with E-state index in [-0.39, 0.29) is 25.1 Å². The van der Waals surface area contributed by atoms with Crippen molar-refractivity contribution in [2.45, 2.75) is 12.5 Å². The first-order chi connectivity index (χ1) is 5.33. The van der Waals surface area contributed by atoms with Crippen LogP contribution in [0.25, 0.3) is 0 Å². The lowest BCUT2D eigenvalue weighted by Gasteiger charge is -2.04. The molecule has 3 N–H and O–H groups in total. The van der Waals surface area contributed by atoms with Crippen LogP contribution in [-0.2, 0) is 6.42 Å².